The molecule has 0 heterocycles. The van der Waals surface area contributed by atoms with Gasteiger partial charge in [0.15, 0.2) is 5.78 Å². The Balaban J connectivity index is 1.93. The van der Waals surface area contributed by atoms with Gasteiger partial charge in [-0.1, -0.05) is 74.5 Å². The topological polar surface area (TPSA) is 17.1 Å². The van der Waals surface area contributed by atoms with E-state index in [2.05, 4.69) is 38.1 Å². The molecule has 2 aromatic carbocycles. The van der Waals surface area contributed by atoms with E-state index in [-0.39, 0.29) is 11.3 Å². The molecule has 21 heavy (non-hydrogen) atoms. The van der Waals surface area contributed by atoms with Gasteiger partial charge in [0, 0.05) is 11.5 Å². The molecule has 1 saturated carbocycles. The van der Waals surface area contributed by atoms with Gasteiger partial charge in [-0.2, -0.15) is 0 Å². The van der Waals surface area contributed by atoms with Crippen molar-refractivity contribution in [2.75, 3.05) is 0 Å². The van der Waals surface area contributed by atoms with E-state index in [4.69, 9.17) is 0 Å². The zero-order valence-corrected chi connectivity index (χ0v) is 12.8. The zero-order valence-electron chi connectivity index (χ0n) is 12.8. The number of carbonyl (C=O) groups excluding carboxylic acids is 1. The quantitative estimate of drug-likeness (QED) is 0.715. The summed E-state index contributed by atoms with van der Waals surface area (Å²) < 4.78 is 0. The van der Waals surface area contributed by atoms with Crippen molar-refractivity contribution in [1.82, 2.24) is 0 Å². The molecule has 0 saturated heterocycles. The highest BCUT2D eigenvalue weighted by atomic mass is 16.1. The third-order valence-electron chi connectivity index (χ3n) is 4.65. The van der Waals surface area contributed by atoms with Crippen LogP contribution in [0.25, 0.3) is 0 Å². The van der Waals surface area contributed by atoms with Crippen molar-refractivity contribution in [3.05, 3.63) is 71.8 Å². The van der Waals surface area contributed by atoms with Crippen LogP contribution in [0.4, 0.5) is 0 Å². The molecule has 0 N–H and O–H groups in total. The zero-order chi connectivity index (χ0) is 14.9. The molecular formula is C20H22O. The van der Waals surface area contributed by atoms with E-state index in [1.807, 2.05) is 36.4 Å². The van der Waals surface area contributed by atoms with Crippen LogP contribution in [0.2, 0.25) is 0 Å². The number of hydrogen-bond donors (Lipinski definition) is 0. The lowest BCUT2D eigenvalue weighted by molar-refractivity contribution is 0.0905. The Bertz CT molecular complexity index is 613. The molecule has 0 spiro atoms. The summed E-state index contributed by atoms with van der Waals surface area (Å²) in [4.78, 5) is 12.9. The standard InChI is InChI=1S/C20H22O/c1-20(2)13-17(15-9-5-3-6-10-15)18(14-20)19(21)16-11-7-4-8-12-16/h3-12,17-18H,13-14H2,1-2H3/t17-,18+/m1/s1. The molecular weight excluding hydrogens is 256 g/mol. The Labute approximate surface area is 127 Å². The number of Topliss-reactive ketones (excluding diaryl/α,β-unsaturated/α-hetero) is 1. The maximum atomic E-state index is 12.9. The van der Waals surface area contributed by atoms with Crippen molar-refractivity contribution >= 4 is 5.78 Å². The molecule has 2 aromatic rings. The minimum atomic E-state index is 0.102. The van der Waals surface area contributed by atoms with Gasteiger partial charge in [0.25, 0.3) is 0 Å². The van der Waals surface area contributed by atoms with Crippen molar-refractivity contribution in [3.63, 3.8) is 0 Å². The summed E-state index contributed by atoms with van der Waals surface area (Å²) in [5, 5.41) is 0. The lowest BCUT2D eigenvalue weighted by Gasteiger charge is -2.19. The lowest BCUT2D eigenvalue weighted by Crippen LogP contribution is -2.18. The summed E-state index contributed by atoms with van der Waals surface area (Å²) in [6, 6.07) is 20.3. The van der Waals surface area contributed by atoms with Gasteiger partial charge < -0.3 is 0 Å². The second-order valence-electron chi connectivity index (χ2n) is 6.93. The SMILES string of the molecule is CC1(C)C[C@H](C(=O)c2ccccc2)[C@@H](c2ccccc2)C1. The molecule has 0 aromatic heterocycles. The van der Waals surface area contributed by atoms with Crippen LogP contribution in [0.1, 0.15) is 48.5 Å². The molecule has 0 radical (unpaired) electrons. The second kappa shape index (κ2) is 5.48. The Morgan fingerprint density at radius 1 is 0.905 bits per heavy atom. The third-order valence-corrected chi connectivity index (χ3v) is 4.65. The highest BCUT2D eigenvalue weighted by Gasteiger charge is 2.43. The molecule has 0 aliphatic heterocycles. The molecule has 1 fully saturated rings. The number of carbonyl (C=O) groups is 1. The molecule has 1 aliphatic carbocycles. The van der Waals surface area contributed by atoms with E-state index in [9.17, 15) is 4.79 Å². The summed E-state index contributed by atoms with van der Waals surface area (Å²) >= 11 is 0. The van der Waals surface area contributed by atoms with Gasteiger partial charge in [-0.15, -0.1) is 0 Å². The summed E-state index contributed by atoms with van der Waals surface area (Å²) in [5.74, 6) is 0.744. The minimum Gasteiger partial charge on any atom is -0.294 e. The van der Waals surface area contributed by atoms with Gasteiger partial charge in [-0.3, -0.25) is 4.79 Å². The fraction of sp³-hybridized carbons (Fsp3) is 0.350. The van der Waals surface area contributed by atoms with Crippen LogP contribution in [-0.2, 0) is 0 Å². The number of rotatable bonds is 3. The van der Waals surface area contributed by atoms with E-state index >= 15 is 0 Å². The van der Waals surface area contributed by atoms with Crippen LogP contribution in [0.5, 0.6) is 0 Å². The first-order valence-electron chi connectivity index (χ1n) is 7.71. The van der Waals surface area contributed by atoms with Crippen LogP contribution >= 0.6 is 0 Å². The molecule has 3 rings (SSSR count). The average molecular weight is 278 g/mol. The van der Waals surface area contributed by atoms with Crippen LogP contribution in [0.15, 0.2) is 60.7 Å². The summed E-state index contributed by atoms with van der Waals surface area (Å²) in [7, 11) is 0. The Morgan fingerprint density at radius 3 is 2.10 bits per heavy atom. The van der Waals surface area contributed by atoms with Crippen molar-refractivity contribution in [2.24, 2.45) is 11.3 Å². The average Bonchev–Trinajstić information content (AvgIpc) is 2.84. The van der Waals surface area contributed by atoms with Crippen LogP contribution in [0.3, 0.4) is 0 Å². The highest BCUT2D eigenvalue weighted by Crippen LogP contribution is 2.50. The first kappa shape index (κ1) is 14.1. The van der Waals surface area contributed by atoms with Crippen molar-refractivity contribution < 1.29 is 4.79 Å². The van der Waals surface area contributed by atoms with E-state index in [1.54, 1.807) is 0 Å². The molecule has 0 amide bonds. The predicted molar refractivity (Wildman–Crippen MR) is 86.5 cm³/mol. The van der Waals surface area contributed by atoms with Crippen molar-refractivity contribution in [3.8, 4) is 0 Å². The predicted octanol–water partition coefficient (Wildman–Crippen LogP) is 5.09. The molecule has 108 valence electrons. The molecule has 0 unspecified atom stereocenters. The maximum Gasteiger partial charge on any atom is 0.166 e. The van der Waals surface area contributed by atoms with Crippen LogP contribution < -0.4 is 0 Å². The lowest BCUT2D eigenvalue weighted by atomic mass is 9.84. The molecule has 0 bridgehead atoms. The van der Waals surface area contributed by atoms with Gasteiger partial charge in [0.05, 0.1) is 0 Å². The smallest absolute Gasteiger partial charge is 0.166 e. The summed E-state index contributed by atoms with van der Waals surface area (Å²) in [6.07, 6.45) is 2.06. The van der Waals surface area contributed by atoms with Gasteiger partial charge in [-0.05, 0) is 29.7 Å². The molecule has 2 atom stereocenters. The molecule has 1 heteroatoms. The van der Waals surface area contributed by atoms with Gasteiger partial charge in [0.1, 0.15) is 0 Å². The van der Waals surface area contributed by atoms with E-state index < -0.39 is 0 Å². The fourth-order valence-electron chi connectivity index (χ4n) is 3.70. The van der Waals surface area contributed by atoms with Crippen LogP contribution in [-0.4, -0.2) is 5.78 Å². The van der Waals surface area contributed by atoms with Gasteiger partial charge in [-0.25, -0.2) is 0 Å². The first-order chi connectivity index (χ1) is 10.1. The van der Waals surface area contributed by atoms with Crippen molar-refractivity contribution in [2.45, 2.75) is 32.6 Å². The Hall–Kier alpha value is -1.89. The summed E-state index contributed by atoms with van der Waals surface area (Å²) in [6.45, 7) is 4.56. The first-order valence-corrected chi connectivity index (χ1v) is 7.71. The number of hydrogen-bond acceptors (Lipinski definition) is 1. The number of benzene rings is 2. The maximum absolute atomic E-state index is 12.9. The largest absolute Gasteiger partial charge is 0.294 e. The normalized spacial score (nSPS) is 23.9. The van der Waals surface area contributed by atoms with E-state index in [0.717, 1.165) is 18.4 Å². The van der Waals surface area contributed by atoms with E-state index in [1.165, 1.54) is 5.56 Å². The minimum absolute atomic E-state index is 0.102. The highest BCUT2D eigenvalue weighted by molar-refractivity contribution is 5.98. The second-order valence-corrected chi connectivity index (χ2v) is 6.93. The Kier molecular flexibility index (Phi) is 3.67. The van der Waals surface area contributed by atoms with E-state index in [0.29, 0.717) is 11.7 Å². The fourth-order valence-corrected chi connectivity index (χ4v) is 3.70. The van der Waals surface area contributed by atoms with Gasteiger partial charge in [0.2, 0.25) is 0 Å². The van der Waals surface area contributed by atoms with Crippen molar-refractivity contribution in [1.29, 1.82) is 0 Å². The molecule has 1 aliphatic rings. The third kappa shape index (κ3) is 2.92. The van der Waals surface area contributed by atoms with Crippen LogP contribution in [0, 0.1) is 11.3 Å². The molecule has 1 nitrogen and oxygen atoms in total. The Morgan fingerprint density at radius 2 is 1.48 bits per heavy atom. The monoisotopic (exact) mass is 278 g/mol. The van der Waals surface area contributed by atoms with Gasteiger partial charge >= 0.3 is 0 Å². The summed E-state index contributed by atoms with van der Waals surface area (Å²) in [5.41, 5.74) is 2.38. The number of ketones is 1.